The number of rotatable bonds is 6. The molecule has 0 spiro atoms. The number of carbonyl (C=O) groups is 1. The first kappa shape index (κ1) is 13.6. The fourth-order valence-electron chi connectivity index (χ4n) is 1.65. The molecule has 0 N–H and O–H groups in total. The van der Waals surface area contributed by atoms with Gasteiger partial charge < -0.3 is 0 Å². The molecule has 1 rings (SSSR count). The van der Waals surface area contributed by atoms with Crippen LogP contribution in [-0.2, 0) is 11.2 Å². The van der Waals surface area contributed by atoms with E-state index in [1.165, 1.54) is 0 Å². The second-order valence-corrected chi connectivity index (χ2v) is 3.98. The molecule has 0 fully saturated rings. The number of aromatic nitrogens is 2. The number of amides is 1. The highest BCUT2D eigenvalue weighted by Crippen LogP contribution is 2.13. The van der Waals surface area contributed by atoms with Gasteiger partial charge in [-0.2, -0.15) is 0 Å². The van der Waals surface area contributed by atoms with Gasteiger partial charge in [0, 0.05) is 25.6 Å². The highest BCUT2D eigenvalue weighted by molar-refractivity contribution is 5.92. The van der Waals surface area contributed by atoms with E-state index in [4.69, 9.17) is 0 Å². The maximum Gasteiger partial charge on any atom is 0.228 e. The van der Waals surface area contributed by atoms with Crippen molar-refractivity contribution in [3.8, 4) is 0 Å². The van der Waals surface area contributed by atoms with Gasteiger partial charge in [-0.05, 0) is 18.9 Å². The van der Waals surface area contributed by atoms with Gasteiger partial charge in [0.1, 0.15) is 11.6 Å². The Morgan fingerprint density at radius 2 is 2.06 bits per heavy atom. The van der Waals surface area contributed by atoms with Crippen LogP contribution < -0.4 is 4.90 Å². The fourth-order valence-corrected chi connectivity index (χ4v) is 1.65. The fraction of sp³-hybridized carbons (Fsp3) is 0.615. The van der Waals surface area contributed by atoms with Crippen LogP contribution in [0.2, 0.25) is 0 Å². The Morgan fingerprint density at radius 3 is 2.65 bits per heavy atom. The summed E-state index contributed by atoms with van der Waals surface area (Å²) in [5.74, 6) is 1.67. The van der Waals surface area contributed by atoms with E-state index in [9.17, 15) is 4.79 Å². The zero-order valence-corrected chi connectivity index (χ0v) is 10.9. The molecule has 0 saturated carbocycles. The van der Waals surface area contributed by atoms with Gasteiger partial charge in [-0.15, -0.1) is 0 Å². The second kappa shape index (κ2) is 6.99. The zero-order valence-electron chi connectivity index (χ0n) is 10.9. The highest BCUT2D eigenvalue weighted by atomic mass is 16.2. The van der Waals surface area contributed by atoms with Crippen LogP contribution >= 0.6 is 0 Å². The monoisotopic (exact) mass is 235 g/mol. The van der Waals surface area contributed by atoms with E-state index >= 15 is 0 Å². The summed E-state index contributed by atoms with van der Waals surface area (Å²) in [5.41, 5.74) is 0. The summed E-state index contributed by atoms with van der Waals surface area (Å²) in [5, 5.41) is 0. The number of anilines is 1. The Bertz CT molecular complexity index is 365. The number of carbonyl (C=O) groups excluding carboxylic acids is 1. The van der Waals surface area contributed by atoms with Crippen molar-refractivity contribution in [1.82, 2.24) is 9.97 Å². The minimum atomic E-state index is 0.148. The van der Waals surface area contributed by atoms with Crippen LogP contribution in [-0.4, -0.2) is 22.4 Å². The van der Waals surface area contributed by atoms with Crippen LogP contribution in [0.3, 0.4) is 0 Å². The van der Waals surface area contributed by atoms with Crippen molar-refractivity contribution in [2.24, 2.45) is 0 Å². The molecule has 0 radical (unpaired) electrons. The average molecular weight is 235 g/mol. The molecule has 0 bridgehead atoms. The summed E-state index contributed by atoms with van der Waals surface area (Å²) in [4.78, 5) is 22.3. The molecular weight excluding hydrogens is 214 g/mol. The first-order chi connectivity index (χ1) is 8.22. The standard InChI is InChI=1S/C13H21N3O/c1-4-7-13(17)16(10-5-2)12-8-9-14-11(6-3)15-12/h8-9H,4-7,10H2,1-3H3. The lowest BCUT2D eigenvalue weighted by molar-refractivity contribution is -0.118. The third-order valence-electron chi connectivity index (χ3n) is 2.50. The molecule has 0 aliphatic heterocycles. The van der Waals surface area contributed by atoms with Gasteiger partial charge >= 0.3 is 0 Å². The van der Waals surface area contributed by atoms with E-state index in [1.54, 1.807) is 11.1 Å². The first-order valence-electron chi connectivity index (χ1n) is 6.35. The third kappa shape index (κ3) is 3.80. The molecule has 1 heterocycles. The molecule has 17 heavy (non-hydrogen) atoms. The Morgan fingerprint density at radius 1 is 1.29 bits per heavy atom. The van der Waals surface area contributed by atoms with Gasteiger partial charge in [0.25, 0.3) is 0 Å². The highest BCUT2D eigenvalue weighted by Gasteiger charge is 2.15. The van der Waals surface area contributed by atoms with Gasteiger partial charge in [-0.1, -0.05) is 20.8 Å². The summed E-state index contributed by atoms with van der Waals surface area (Å²) < 4.78 is 0. The zero-order chi connectivity index (χ0) is 12.7. The molecule has 4 nitrogen and oxygen atoms in total. The molecule has 0 atom stereocenters. The van der Waals surface area contributed by atoms with Crippen LogP contribution in [0.1, 0.15) is 45.9 Å². The van der Waals surface area contributed by atoms with Crippen molar-refractivity contribution in [1.29, 1.82) is 0 Å². The summed E-state index contributed by atoms with van der Waals surface area (Å²) in [6.45, 7) is 6.81. The average Bonchev–Trinajstić information content (AvgIpc) is 2.36. The quantitative estimate of drug-likeness (QED) is 0.761. The van der Waals surface area contributed by atoms with Crippen molar-refractivity contribution in [2.45, 2.75) is 46.5 Å². The summed E-state index contributed by atoms with van der Waals surface area (Å²) >= 11 is 0. The van der Waals surface area contributed by atoms with E-state index < -0.39 is 0 Å². The number of aryl methyl sites for hydroxylation is 1. The number of hydrogen-bond donors (Lipinski definition) is 0. The van der Waals surface area contributed by atoms with Gasteiger partial charge in [-0.3, -0.25) is 9.69 Å². The largest absolute Gasteiger partial charge is 0.297 e. The topological polar surface area (TPSA) is 46.1 Å². The molecule has 0 unspecified atom stereocenters. The summed E-state index contributed by atoms with van der Waals surface area (Å²) in [6.07, 6.45) is 4.88. The second-order valence-electron chi connectivity index (χ2n) is 3.98. The van der Waals surface area contributed by atoms with Crippen LogP contribution in [0.4, 0.5) is 5.82 Å². The molecule has 94 valence electrons. The molecular formula is C13H21N3O. The third-order valence-corrected chi connectivity index (χ3v) is 2.50. The Balaban J connectivity index is 2.91. The van der Waals surface area contributed by atoms with E-state index in [0.29, 0.717) is 6.42 Å². The van der Waals surface area contributed by atoms with Gasteiger partial charge in [0.05, 0.1) is 0 Å². The van der Waals surface area contributed by atoms with Crippen molar-refractivity contribution < 1.29 is 4.79 Å². The predicted octanol–water partition coefficient (Wildman–Crippen LogP) is 2.58. The summed E-state index contributed by atoms with van der Waals surface area (Å²) in [6, 6.07) is 1.81. The van der Waals surface area contributed by atoms with Crippen LogP contribution in [0, 0.1) is 0 Å². The van der Waals surface area contributed by atoms with Gasteiger partial charge in [0.15, 0.2) is 0 Å². The molecule has 1 amide bonds. The van der Waals surface area contributed by atoms with E-state index in [2.05, 4.69) is 16.9 Å². The van der Waals surface area contributed by atoms with Crippen molar-refractivity contribution >= 4 is 11.7 Å². The molecule has 1 aromatic heterocycles. The molecule has 0 aliphatic carbocycles. The maximum absolute atomic E-state index is 12.0. The van der Waals surface area contributed by atoms with Crippen LogP contribution in [0.5, 0.6) is 0 Å². The van der Waals surface area contributed by atoms with Crippen molar-refractivity contribution in [2.75, 3.05) is 11.4 Å². The smallest absolute Gasteiger partial charge is 0.228 e. The lowest BCUT2D eigenvalue weighted by atomic mass is 10.2. The number of nitrogens with zero attached hydrogens (tertiary/aromatic N) is 3. The SMILES string of the molecule is CCCC(=O)N(CCC)c1ccnc(CC)n1. The lowest BCUT2D eigenvalue weighted by Crippen LogP contribution is -2.32. The van der Waals surface area contributed by atoms with E-state index in [1.807, 2.05) is 19.9 Å². The molecule has 1 aromatic rings. The maximum atomic E-state index is 12.0. The van der Waals surface area contributed by atoms with Crippen molar-refractivity contribution in [3.63, 3.8) is 0 Å². The van der Waals surface area contributed by atoms with Crippen molar-refractivity contribution in [3.05, 3.63) is 18.1 Å². The molecule has 0 saturated heterocycles. The number of hydrogen-bond acceptors (Lipinski definition) is 3. The Hall–Kier alpha value is -1.45. The first-order valence-corrected chi connectivity index (χ1v) is 6.35. The molecule has 0 aliphatic rings. The molecule has 0 aromatic carbocycles. The van der Waals surface area contributed by atoms with Gasteiger partial charge in [-0.25, -0.2) is 9.97 Å². The van der Waals surface area contributed by atoms with Crippen LogP contribution in [0.25, 0.3) is 0 Å². The minimum absolute atomic E-state index is 0.148. The predicted molar refractivity (Wildman–Crippen MR) is 69.0 cm³/mol. The Labute approximate surface area is 103 Å². The van der Waals surface area contributed by atoms with Gasteiger partial charge in [0.2, 0.25) is 5.91 Å². The van der Waals surface area contributed by atoms with Crippen LogP contribution in [0.15, 0.2) is 12.3 Å². The Kier molecular flexibility index (Phi) is 5.60. The summed E-state index contributed by atoms with van der Waals surface area (Å²) in [7, 11) is 0. The minimum Gasteiger partial charge on any atom is -0.297 e. The molecule has 4 heteroatoms. The lowest BCUT2D eigenvalue weighted by Gasteiger charge is -2.21. The van der Waals surface area contributed by atoms with E-state index in [-0.39, 0.29) is 5.91 Å². The normalized spacial score (nSPS) is 10.3. The van der Waals surface area contributed by atoms with E-state index in [0.717, 1.165) is 37.4 Å².